The van der Waals surface area contributed by atoms with Crippen LogP contribution in [0, 0.1) is 23.2 Å². The number of esters is 2. The Morgan fingerprint density at radius 1 is 1.00 bits per heavy atom. The Kier molecular flexibility index (Phi) is 6.52. The molecular formula is C30H33BrO5. The molecule has 0 radical (unpaired) electrons. The molecule has 5 nitrogen and oxygen atoms in total. The Balaban J connectivity index is 1.80. The summed E-state index contributed by atoms with van der Waals surface area (Å²) in [5.41, 5.74) is 1.43. The van der Waals surface area contributed by atoms with Crippen molar-refractivity contribution >= 4 is 27.9 Å². The summed E-state index contributed by atoms with van der Waals surface area (Å²) in [5, 5.41) is 0. The van der Waals surface area contributed by atoms with Crippen LogP contribution in [0.1, 0.15) is 48.3 Å². The lowest BCUT2D eigenvalue weighted by Crippen LogP contribution is -2.61. The molecule has 3 aliphatic carbocycles. The largest absolute Gasteiger partial charge is 0.497 e. The first-order valence-electron chi connectivity index (χ1n) is 12.6. The third-order valence-electron chi connectivity index (χ3n) is 9.36. The predicted molar refractivity (Wildman–Crippen MR) is 141 cm³/mol. The molecule has 6 heteroatoms. The highest BCUT2D eigenvalue weighted by atomic mass is 79.9. The summed E-state index contributed by atoms with van der Waals surface area (Å²) in [7, 11) is 4.40. The summed E-state index contributed by atoms with van der Waals surface area (Å²) in [6.07, 6.45) is 6.11. The average Bonchev–Trinajstić information content (AvgIpc) is 3.30. The van der Waals surface area contributed by atoms with Gasteiger partial charge in [-0.25, -0.2) is 0 Å². The van der Waals surface area contributed by atoms with E-state index in [9.17, 15) is 9.59 Å². The quantitative estimate of drug-likeness (QED) is 0.259. The third-order valence-corrected chi connectivity index (χ3v) is 9.89. The van der Waals surface area contributed by atoms with E-state index < -0.39 is 22.8 Å². The highest BCUT2D eigenvalue weighted by Crippen LogP contribution is 2.69. The van der Waals surface area contributed by atoms with Crippen LogP contribution in [-0.2, 0) is 30.9 Å². The fourth-order valence-electron chi connectivity index (χ4n) is 8.06. The summed E-state index contributed by atoms with van der Waals surface area (Å²) in [6, 6.07) is 14.4. The molecule has 2 fully saturated rings. The fourth-order valence-corrected chi connectivity index (χ4v) is 8.32. The van der Waals surface area contributed by atoms with Crippen LogP contribution in [0.5, 0.6) is 5.75 Å². The molecule has 36 heavy (non-hydrogen) atoms. The smallest absolute Gasteiger partial charge is 0.323 e. The van der Waals surface area contributed by atoms with E-state index in [1.54, 1.807) is 7.11 Å². The van der Waals surface area contributed by atoms with Crippen molar-refractivity contribution in [2.75, 3.05) is 21.3 Å². The van der Waals surface area contributed by atoms with E-state index in [1.165, 1.54) is 14.2 Å². The number of benzene rings is 2. The van der Waals surface area contributed by atoms with Gasteiger partial charge in [-0.05, 0) is 90.8 Å². The van der Waals surface area contributed by atoms with E-state index in [-0.39, 0.29) is 17.8 Å². The molecule has 0 unspecified atom stereocenters. The average molecular weight is 553 g/mol. The predicted octanol–water partition coefficient (Wildman–Crippen LogP) is 5.99. The van der Waals surface area contributed by atoms with Crippen molar-refractivity contribution in [1.82, 2.24) is 0 Å². The number of carbonyl (C=O) groups is 2. The topological polar surface area (TPSA) is 61.8 Å². The molecule has 0 amide bonds. The summed E-state index contributed by atoms with van der Waals surface area (Å²) in [5.74, 6) is -0.0348. The van der Waals surface area contributed by atoms with Crippen molar-refractivity contribution in [3.8, 4) is 5.75 Å². The van der Waals surface area contributed by atoms with Gasteiger partial charge in [-0.1, -0.05) is 40.2 Å². The Labute approximate surface area is 221 Å². The lowest BCUT2D eigenvalue weighted by Gasteiger charge is -2.58. The number of hydrogen-bond acceptors (Lipinski definition) is 5. The maximum atomic E-state index is 13.9. The lowest BCUT2D eigenvalue weighted by atomic mass is 9.43. The number of aryl methyl sites for hydroxylation is 1. The maximum Gasteiger partial charge on any atom is 0.323 e. The summed E-state index contributed by atoms with van der Waals surface area (Å²) >= 11 is 3.57. The molecule has 3 aliphatic rings. The molecule has 0 heterocycles. The molecule has 2 aromatic rings. The van der Waals surface area contributed by atoms with Gasteiger partial charge in [0.15, 0.2) is 5.41 Å². The molecule has 5 rings (SSSR count). The summed E-state index contributed by atoms with van der Waals surface area (Å²) in [4.78, 5) is 27.8. The van der Waals surface area contributed by atoms with E-state index in [2.05, 4.69) is 34.6 Å². The van der Waals surface area contributed by atoms with Gasteiger partial charge in [-0.3, -0.25) is 9.59 Å². The van der Waals surface area contributed by atoms with Crippen molar-refractivity contribution in [3.05, 3.63) is 76.3 Å². The van der Waals surface area contributed by atoms with Crippen LogP contribution in [0.2, 0.25) is 0 Å². The van der Waals surface area contributed by atoms with Crippen molar-refractivity contribution < 1.29 is 23.8 Å². The van der Waals surface area contributed by atoms with Crippen LogP contribution in [0.3, 0.4) is 0 Å². The standard InChI is InChI=1S/C30H33BrO5/c1-5-19-9-15-25-24-13-6-18-16-22(34-2)12-14-23(18)26(24)30(27(32)35-3,28(33)36-4)17-29(19,25)20-7-10-21(31)11-8-20/h5,7-8,10-12,14,16,19,24-26H,1,6,9,13,15,17H2,2-4H3/t19-,24-,25+,26-,29+/m0/s1. The van der Waals surface area contributed by atoms with E-state index in [1.807, 2.05) is 36.4 Å². The molecule has 5 atom stereocenters. The van der Waals surface area contributed by atoms with Crippen LogP contribution in [-0.4, -0.2) is 33.3 Å². The SMILES string of the molecule is C=C[C@H]1CC[C@@H]2[C@@H]3CCc4cc(OC)ccc4[C@@H]3C(C(=O)OC)(C(=O)OC)C[C@@]21c1ccc(Br)cc1. The van der Waals surface area contributed by atoms with Gasteiger partial charge < -0.3 is 14.2 Å². The van der Waals surface area contributed by atoms with E-state index in [0.717, 1.165) is 52.6 Å². The second-order valence-corrected chi connectivity index (χ2v) is 11.4. The maximum absolute atomic E-state index is 13.9. The van der Waals surface area contributed by atoms with Gasteiger partial charge in [0, 0.05) is 15.8 Å². The summed E-state index contributed by atoms with van der Waals surface area (Å²) in [6.45, 7) is 4.20. The monoisotopic (exact) mass is 552 g/mol. The Bertz CT molecular complexity index is 1170. The molecule has 0 aliphatic heterocycles. The van der Waals surface area contributed by atoms with Gasteiger partial charge in [0.2, 0.25) is 0 Å². The van der Waals surface area contributed by atoms with Crippen LogP contribution in [0.25, 0.3) is 0 Å². The van der Waals surface area contributed by atoms with E-state index in [4.69, 9.17) is 14.2 Å². The molecule has 0 aromatic heterocycles. The first-order chi connectivity index (χ1) is 17.4. The minimum absolute atomic E-state index is 0.117. The molecule has 0 spiro atoms. The lowest BCUT2D eigenvalue weighted by molar-refractivity contribution is -0.181. The first kappa shape index (κ1) is 25.1. The first-order valence-corrected chi connectivity index (χ1v) is 13.4. The zero-order chi connectivity index (χ0) is 25.7. The van der Waals surface area contributed by atoms with Gasteiger partial charge in [-0.15, -0.1) is 6.58 Å². The Hall–Kier alpha value is -2.60. The second-order valence-electron chi connectivity index (χ2n) is 10.4. The molecule has 0 N–H and O–H groups in total. The Morgan fingerprint density at radius 2 is 1.69 bits per heavy atom. The minimum atomic E-state index is -1.47. The van der Waals surface area contributed by atoms with Crippen LogP contribution < -0.4 is 4.74 Å². The minimum Gasteiger partial charge on any atom is -0.497 e. The second kappa shape index (κ2) is 9.37. The van der Waals surface area contributed by atoms with Crippen molar-refractivity contribution in [1.29, 1.82) is 0 Å². The number of halogens is 1. The van der Waals surface area contributed by atoms with Gasteiger partial charge in [0.1, 0.15) is 5.75 Å². The molecule has 2 aromatic carbocycles. The molecule has 2 saturated carbocycles. The number of rotatable bonds is 5. The molecule has 0 saturated heterocycles. The highest BCUT2D eigenvalue weighted by molar-refractivity contribution is 9.10. The normalized spacial score (nSPS) is 29.8. The fraction of sp³-hybridized carbons (Fsp3) is 0.467. The highest BCUT2D eigenvalue weighted by Gasteiger charge is 2.70. The van der Waals surface area contributed by atoms with Gasteiger partial charge in [0.25, 0.3) is 0 Å². The molecular weight excluding hydrogens is 520 g/mol. The number of methoxy groups -OCH3 is 3. The van der Waals surface area contributed by atoms with Crippen LogP contribution in [0.15, 0.2) is 59.6 Å². The van der Waals surface area contributed by atoms with Gasteiger partial charge >= 0.3 is 11.9 Å². The molecule has 0 bridgehead atoms. The number of hydrogen-bond donors (Lipinski definition) is 0. The van der Waals surface area contributed by atoms with Gasteiger partial charge in [0.05, 0.1) is 21.3 Å². The zero-order valence-corrected chi connectivity index (χ0v) is 22.7. The number of carbonyl (C=O) groups excluding carboxylic acids is 2. The number of allylic oxidation sites excluding steroid dienone is 1. The number of fused-ring (bicyclic) bond motifs is 5. The summed E-state index contributed by atoms with van der Waals surface area (Å²) < 4.78 is 17.4. The van der Waals surface area contributed by atoms with Gasteiger partial charge in [-0.2, -0.15) is 0 Å². The van der Waals surface area contributed by atoms with Crippen LogP contribution in [0.4, 0.5) is 0 Å². The van der Waals surface area contributed by atoms with Crippen molar-refractivity contribution in [3.63, 3.8) is 0 Å². The van der Waals surface area contributed by atoms with Crippen LogP contribution >= 0.6 is 15.9 Å². The van der Waals surface area contributed by atoms with Crippen molar-refractivity contribution in [2.24, 2.45) is 23.2 Å². The van der Waals surface area contributed by atoms with E-state index >= 15 is 0 Å². The Morgan fingerprint density at radius 3 is 2.31 bits per heavy atom. The number of ether oxygens (including phenoxy) is 3. The third kappa shape index (κ3) is 3.40. The zero-order valence-electron chi connectivity index (χ0n) is 21.1. The molecule has 190 valence electrons. The van der Waals surface area contributed by atoms with E-state index in [0.29, 0.717) is 12.3 Å². The van der Waals surface area contributed by atoms with Crippen molar-refractivity contribution in [2.45, 2.75) is 43.4 Å².